The zero-order valence-electron chi connectivity index (χ0n) is 15.2. The highest BCUT2D eigenvalue weighted by Gasteiger charge is 2.48. The van der Waals surface area contributed by atoms with Crippen LogP contribution in [-0.2, 0) is 14.8 Å². The summed E-state index contributed by atoms with van der Waals surface area (Å²) in [6, 6.07) is 0. The summed E-state index contributed by atoms with van der Waals surface area (Å²) >= 11 is 0. The molecule has 140 valence electrons. The van der Waals surface area contributed by atoms with Crippen LogP contribution in [0.25, 0.3) is 0 Å². The number of piperidine rings is 1. The van der Waals surface area contributed by atoms with Crippen LogP contribution in [0.2, 0.25) is 0 Å². The minimum Gasteiger partial charge on any atom is -0.312 e. The number of amidine groups is 1. The van der Waals surface area contributed by atoms with Crippen molar-refractivity contribution in [3.8, 4) is 0 Å². The monoisotopic (exact) mass is 367 g/mol. The molecule has 1 spiro atoms. The lowest BCUT2D eigenvalue weighted by atomic mass is 9.76. The maximum absolute atomic E-state index is 12.6. The van der Waals surface area contributed by atoms with E-state index in [-0.39, 0.29) is 5.91 Å². The molecular formula is C18H29N3O3S. The number of hydrogen-bond acceptors (Lipinski definition) is 4. The molecule has 0 aromatic carbocycles. The van der Waals surface area contributed by atoms with Gasteiger partial charge in [0, 0.05) is 24.4 Å². The van der Waals surface area contributed by atoms with E-state index in [1.54, 1.807) is 0 Å². The Bertz CT molecular complexity index is 668. The Morgan fingerprint density at radius 2 is 1.84 bits per heavy atom. The van der Waals surface area contributed by atoms with Crippen LogP contribution in [0.5, 0.6) is 0 Å². The highest BCUT2D eigenvalue weighted by molar-refractivity contribution is 7.92. The van der Waals surface area contributed by atoms with Gasteiger partial charge in [-0.15, -0.1) is 0 Å². The first-order valence-electron chi connectivity index (χ1n) is 9.31. The first-order valence-corrected chi connectivity index (χ1v) is 10.8. The zero-order valence-corrected chi connectivity index (χ0v) is 16.0. The second kappa shape index (κ2) is 6.83. The van der Waals surface area contributed by atoms with Crippen molar-refractivity contribution < 1.29 is 13.2 Å². The summed E-state index contributed by atoms with van der Waals surface area (Å²) in [6.07, 6.45) is 5.42. The second-order valence-corrected chi connectivity index (χ2v) is 9.83. The van der Waals surface area contributed by atoms with Crippen molar-refractivity contribution in [2.24, 2.45) is 22.7 Å². The fourth-order valence-corrected chi connectivity index (χ4v) is 5.25. The molecule has 2 fully saturated rings. The van der Waals surface area contributed by atoms with E-state index in [0.29, 0.717) is 37.8 Å². The van der Waals surface area contributed by atoms with Gasteiger partial charge in [-0.3, -0.25) is 9.79 Å². The molecule has 1 N–H and O–H groups in total. The summed E-state index contributed by atoms with van der Waals surface area (Å²) in [7, 11) is -3.42. The molecule has 0 unspecified atom stereocenters. The molecule has 7 heteroatoms. The Labute approximate surface area is 150 Å². The standard InChI is InChI=1S/C18H29N3O3S/c1-4-25(23,24)21-11-9-18(10-12-21)17(22)19-16(20-18)15-7-5-14(6-8-15)13(2)3/h4,13-15H,1,5-12H2,2-3H3,(H,19,20,22). The third-order valence-electron chi connectivity index (χ3n) is 6.22. The predicted octanol–water partition coefficient (Wildman–Crippen LogP) is 2.29. The molecular weight excluding hydrogens is 338 g/mol. The van der Waals surface area contributed by atoms with Crippen molar-refractivity contribution in [2.45, 2.75) is 57.9 Å². The molecule has 1 saturated heterocycles. The topological polar surface area (TPSA) is 78.8 Å². The average Bonchev–Trinajstić information content (AvgIpc) is 2.92. The molecule has 1 saturated carbocycles. The highest BCUT2D eigenvalue weighted by Crippen LogP contribution is 2.37. The van der Waals surface area contributed by atoms with Gasteiger partial charge in [0.15, 0.2) is 0 Å². The summed E-state index contributed by atoms with van der Waals surface area (Å²) in [5.41, 5.74) is -0.766. The van der Waals surface area contributed by atoms with Crippen LogP contribution >= 0.6 is 0 Å². The van der Waals surface area contributed by atoms with Crippen molar-refractivity contribution in [1.29, 1.82) is 0 Å². The van der Waals surface area contributed by atoms with E-state index >= 15 is 0 Å². The molecule has 3 rings (SSSR count). The fraction of sp³-hybridized carbons (Fsp3) is 0.778. The maximum atomic E-state index is 12.6. The number of sulfonamides is 1. The lowest BCUT2D eigenvalue weighted by Gasteiger charge is -2.34. The van der Waals surface area contributed by atoms with Gasteiger partial charge in [0.25, 0.3) is 5.91 Å². The highest BCUT2D eigenvalue weighted by atomic mass is 32.2. The largest absolute Gasteiger partial charge is 0.312 e. The molecule has 0 atom stereocenters. The Morgan fingerprint density at radius 3 is 2.36 bits per heavy atom. The van der Waals surface area contributed by atoms with E-state index in [4.69, 9.17) is 4.99 Å². The molecule has 0 aromatic rings. The number of carbonyl (C=O) groups excluding carboxylic acids is 1. The van der Waals surface area contributed by atoms with Gasteiger partial charge >= 0.3 is 0 Å². The van der Waals surface area contributed by atoms with Crippen molar-refractivity contribution in [2.75, 3.05) is 13.1 Å². The average molecular weight is 368 g/mol. The number of aliphatic imine (C=N–C) groups is 1. The molecule has 0 bridgehead atoms. The summed E-state index contributed by atoms with van der Waals surface area (Å²) in [5.74, 6) is 2.61. The smallest absolute Gasteiger partial charge is 0.253 e. The molecule has 2 heterocycles. The van der Waals surface area contributed by atoms with Gasteiger partial charge in [-0.1, -0.05) is 20.4 Å². The number of nitrogens with one attached hydrogen (secondary N) is 1. The Hall–Kier alpha value is -1.21. The zero-order chi connectivity index (χ0) is 18.2. The lowest BCUT2D eigenvalue weighted by molar-refractivity contribution is -0.124. The molecule has 0 radical (unpaired) electrons. The maximum Gasteiger partial charge on any atom is 0.253 e. The second-order valence-electron chi connectivity index (χ2n) is 7.95. The molecule has 1 aliphatic carbocycles. The summed E-state index contributed by atoms with van der Waals surface area (Å²) in [4.78, 5) is 17.4. The lowest BCUT2D eigenvalue weighted by Crippen LogP contribution is -2.50. The number of hydrogen-bond donors (Lipinski definition) is 1. The summed E-state index contributed by atoms with van der Waals surface area (Å²) in [5, 5.41) is 3.99. The van der Waals surface area contributed by atoms with Crippen molar-refractivity contribution in [1.82, 2.24) is 9.62 Å². The fourth-order valence-electron chi connectivity index (χ4n) is 4.35. The van der Waals surface area contributed by atoms with Crippen LogP contribution in [0.4, 0.5) is 0 Å². The number of carbonyl (C=O) groups is 1. The van der Waals surface area contributed by atoms with Gasteiger partial charge in [0.2, 0.25) is 10.0 Å². The van der Waals surface area contributed by atoms with Crippen LogP contribution < -0.4 is 5.32 Å². The summed E-state index contributed by atoms with van der Waals surface area (Å²) < 4.78 is 25.2. The van der Waals surface area contributed by atoms with E-state index in [1.165, 1.54) is 17.1 Å². The van der Waals surface area contributed by atoms with Gasteiger partial charge in [0.05, 0.1) is 0 Å². The first-order chi connectivity index (χ1) is 11.8. The van der Waals surface area contributed by atoms with Crippen molar-refractivity contribution in [3.63, 3.8) is 0 Å². The molecule has 0 aromatic heterocycles. The van der Waals surface area contributed by atoms with Gasteiger partial charge < -0.3 is 5.32 Å². The number of nitrogens with zero attached hydrogens (tertiary/aromatic N) is 2. The molecule has 2 aliphatic heterocycles. The molecule has 25 heavy (non-hydrogen) atoms. The van der Waals surface area contributed by atoms with Gasteiger partial charge in [-0.05, 0) is 50.4 Å². The van der Waals surface area contributed by atoms with Crippen molar-refractivity contribution in [3.05, 3.63) is 12.0 Å². The molecule has 6 nitrogen and oxygen atoms in total. The van der Waals surface area contributed by atoms with Crippen LogP contribution in [0.1, 0.15) is 52.4 Å². The van der Waals surface area contributed by atoms with E-state index in [2.05, 4.69) is 25.7 Å². The third kappa shape index (κ3) is 3.53. The normalized spacial score (nSPS) is 30.4. The van der Waals surface area contributed by atoms with E-state index in [9.17, 15) is 13.2 Å². The minimum absolute atomic E-state index is 0.0517. The SMILES string of the molecule is C=CS(=O)(=O)N1CCC2(CC1)N=C(C1CCC(C(C)C)CC1)NC2=O. The molecule has 3 aliphatic rings. The number of amides is 1. The van der Waals surface area contributed by atoms with Gasteiger partial charge in [-0.25, -0.2) is 8.42 Å². The van der Waals surface area contributed by atoms with E-state index < -0.39 is 15.6 Å². The van der Waals surface area contributed by atoms with Crippen LogP contribution in [-0.4, -0.2) is 43.1 Å². The van der Waals surface area contributed by atoms with Crippen LogP contribution in [0.15, 0.2) is 17.0 Å². The Kier molecular flexibility index (Phi) is 5.08. The van der Waals surface area contributed by atoms with Crippen molar-refractivity contribution >= 4 is 21.8 Å². The predicted molar refractivity (Wildman–Crippen MR) is 98.5 cm³/mol. The first kappa shape index (κ1) is 18.6. The van der Waals surface area contributed by atoms with E-state index in [0.717, 1.165) is 30.0 Å². The van der Waals surface area contributed by atoms with E-state index in [1.807, 2.05) is 0 Å². The van der Waals surface area contributed by atoms with Gasteiger partial charge in [0.1, 0.15) is 11.4 Å². The minimum atomic E-state index is -3.42. The van der Waals surface area contributed by atoms with Gasteiger partial charge in [-0.2, -0.15) is 4.31 Å². The van der Waals surface area contributed by atoms with Crippen LogP contribution in [0.3, 0.4) is 0 Å². The quantitative estimate of drug-likeness (QED) is 0.828. The molecule has 1 amide bonds. The summed E-state index contributed by atoms with van der Waals surface area (Å²) in [6.45, 7) is 8.56. The Balaban J connectivity index is 1.67. The number of rotatable bonds is 4. The third-order valence-corrected chi connectivity index (χ3v) is 7.73. The Morgan fingerprint density at radius 1 is 1.24 bits per heavy atom. The van der Waals surface area contributed by atoms with Crippen LogP contribution in [0, 0.1) is 17.8 Å².